The standard InChI is InChI=1S/C10H13BrN2O/c11-7-10(3-1-4-10)8-13-6-2-5-12-9(13)14/h2,5-6H,1,3-4,7-8H2. The van der Waals surface area contributed by atoms with Gasteiger partial charge in [0.25, 0.3) is 0 Å². The molecule has 1 saturated carbocycles. The van der Waals surface area contributed by atoms with Crippen LogP contribution in [0.5, 0.6) is 0 Å². The first kappa shape index (κ1) is 9.90. The van der Waals surface area contributed by atoms with Gasteiger partial charge >= 0.3 is 5.69 Å². The van der Waals surface area contributed by atoms with E-state index >= 15 is 0 Å². The van der Waals surface area contributed by atoms with Crippen molar-refractivity contribution in [3.05, 3.63) is 28.9 Å². The van der Waals surface area contributed by atoms with Gasteiger partial charge in [0, 0.05) is 24.3 Å². The molecular weight excluding hydrogens is 244 g/mol. The third-order valence-electron chi connectivity index (χ3n) is 2.99. The maximum atomic E-state index is 11.4. The van der Waals surface area contributed by atoms with Crippen molar-refractivity contribution < 1.29 is 0 Å². The van der Waals surface area contributed by atoms with E-state index in [1.807, 2.05) is 12.3 Å². The molecule has 0 aromatic carbocycles. The van der Waals surface area contributed by atoms with Gasteiger partial charge in [-0.15, -0.1) is 0 Å². The van der Waals surface area contributed by atoms with Crippen LogP contribution in [0.1, 0.15) is 19.3 Å². The third kappa shape index (κ3) is 1.75. The van der Waals surface area contributed by atoms with Gasteiger partial charge in [0.15, 0.2) is 0 Å². The Balaban J connectivity index is 2.18. The van der Waals surface area contributed by atoms with Crippen molar-refractivity contribution >= 4 is 15.9 Å². The highest BCUT2D eigenvalue weighted by atomic mass is 79.9. The number of hydrogen-bond acceptors (Lipinski definition) is 2. The highest BCUT2D eigenvalue weighted by molar-refractivity contribution is 9.09. The minimum absolute atomic E-state index is 0.139. The summed E-state index contributed by atoms with van der Waals surface area (Å²) < 4.78 is 1.71. The van der Waals surface area contributed by atoms with Gasteiger partial charge in [-0.25, -0.2) is 9.78 Å². The Kier molecular flexibility index (Phi) is 2.72. The van der Waals surface area contributed by atoms with Crippen molar-refractivity contribution in [3.63, 3.8) is 0 Å². The molecule has 1 heterocycles. The van der Waals surface area contributed by atoms with Crippen LogP contribution in [0.3, 0.4) is 0 Å². The summed E-state index contributed by atoms with van der Waals surface area (Å²) in [6, 6.07) is 1.81. The maximum Gasteiger partial charge on any atom is 0.347 e. The molecule has 2 rings (SSSR count). The summed E-state index contributed by atoms with van der Waals surface area (Å²) >= 11 is 3.53. The van der Waals surface area contributed by atoms with Crippen LogP contribution in [0.25, 0.3) is 0 Å². The summed E-state index contributed by atoms with van der Waals surface area (Å²) in [5.41, 5.74) is 0.159. The Morgan fingerprint density at radius 1 is 1.57 bits per heavy atom. The van der Waals surface area contributed by atoms with E-state index in [1.54, 1.807) is 10.8 Å². The van der Waals surface area contributed by atoms with Gasteiger partial charge in [0.05, 0.1) is 0 Å². The minimum atomic E-state index is -0.139. The zero-order valence-electron chi connectivity index (χ0n) is 7.95. The molecule has 1 fully saturated rings. The molecule has 0 spiro atoms. The average Bonchev–Trinajstić information content (AvgIpc) is 2.14. The van der Waals surface area contributed by atoms with Crippen molar-refractivity contribution in [2.24, 2.45) is 5.41 Å². The average molecular weight is 257 g/mol. The molecule has 4 heteroatoms. The predicted octanol–water partition coefficient (Wildman–Crippen LogP) is 1.81. The van der Waals surface area contributed by atoms with E-state index in [1.165, 1.54) is 19.3 Å². The van der Waals surface area contributed by atoms with E-state index in [0.29, 0.717) is 5.41 Å². The second kappa shape index (κ2) is 3.85. The molecule has 1 aromatic rings. The lowest BCUT2D eigenvalue weighted by molar-refractivity contribution is 0.138. The number of hydrogen-bond donors (Lipinski definition) is 0. The highest BCUT2D eigenvalue weighted by Crippen LogP contribution is 2.43. The van der Waals surface area contributed by atoms with Crippen molar-refractivity contribution in [2.45, 2.75) is 25.8 Å². The number of alkyl halides is 1. The van der Waals surface area contributed by atoms with Gasteiger partial charge in [-0.05, 0) is 24.3 Å². The van der Waals surface area contributed by atoms with Crippen LogP contribution in [-0.4, -0.2) is 14.9 Å². The normalized spacial score (nSPS) is 18.9. The lowest BCUT2D eigenvalue weighted by atomic mass is 9.70. The van der Waals surface area contributed by atoms with Crippen molar-refractivity contribution in [3.8, 4) is 0 Å². The first-order valence-corrected chi connectivity index (χ1v) is 5.95. The van der Waals surface area contributed by atoms with Crippen LogP contribution in [0.2, 0.25) is 0 Å². The summed E-state index contributed by atoms with van der Waals surface area (Å²) in [4.78, 5) is 15.1. The second-order valence-electron chi connectivity index (χ2n) is 4.02. The van der Waals surface area contributed by atoms with Gasteiger partial charge in [-0.2, -0.15) is 0 Å². The van der Waals surface area contributed by atoms with Gasteiger partial charge < -0.3 is 0 Å². The van der Waals surface area contributed by atoms with Gasteiger partial charge in [0.2, 0.25) is 0 Å². The monoisotopic (exact) mass is 256 g/mol. The molecule has 0 amide bonds. The van der Waals surface area contributed by atoms with Crippen LogP contribution < -0.4 is 5.69 Å². The Morgan fingerprint density at radius 3 is 2.86 bits per heavy atom. The van der Waals surface area contributed by atoms with Gasteiger partial charge in [-0.3, -0.25) is 4.57 Å². The zero-order valence-corrected chi connectivity index (χ0v) is 9.53. The molecule has 1 aliphatic carbocycles. The smallest absolute Gasteiger partial charge is 0.299 e. The predicted molar refractivity (Wildman–Crippen MR) is 58.6 cm³/mol. The molecule has 0 bridgehead atoms. The lowest BCUT2D eigenvalue weighted by Gasteiger charge is -2.40. The largest absolute Gasteiger partial charge is 0.347 e. The van der Waals surface area contributed by atoms with Crippen LogP contribution >= 0.6 is 15.9 Å². The van der Waals surface area contributed by atoms with E-state index in [4.69, 9.17) is 0 Å². The van der Waals surface area contributed by atoms with Crippen molar-refractivity contribution in [1.82, 2.24) is 9.55 Å². The molecule has 0 unspecified atom stereocenters. The topological polar surface area (TPSA) is 34.9 Å². The fraction of sp³-hybridized carbons (Fsp3) is 0.600. The van der Waals surface area contributed by atoms with E-state index in [2.05, 4.69) is 20.9 Å². The van der Waals surface area contributed by atoms with Crippen LogP contribution in [0, 0.1) is 5.41 Å². The summed E-state index contributed by atoms with van der Waals surface area (Å²) in [7, 11) is 0. The fourth-order valence-corrected chi connectivity index (χ4v) is 2.62. The van der Waals surface area contributed by atoms with Crippen LogP contribution in [-0.2, 0) is 6.54 Å². The molecular formula is C10H13BrN2O. The maximum absolute atomic E-state index is 11.4. The minimum Gasteiger partial charge on any atom is -0.299 e. The second-order valence-corrected chi connectivity index (χ2v) is 4.58. The first-order chi connectivity index (χ1) is 6.76. The van der Waals surface area contributed by atoms with E-state index in [0.717, 1.165) is 11.9 Å². The Hall–Kier alpha value is -0.640. The number of aromatic nitrogens is 2. The molecule has 1 aromatic heterocycles. The lowest BCUT2D eigenvalue weighted by Crippen LogP contribution is -2.39. The SMILES string of the molecule is O=c1ncccn1CC1(CBr)CCC1. The van der Waals surface area contributed by atoms with Crippen LogP contribution in [0.4, 0.5) is 0 Å². The van der Waals surface area contributed by atoms with Crippen LogP contribution in [0.15, 0.2) is 23.3 Å². The molecule has 76 valence electrons. The third-order valence-corrected chi connectivity index (χ3v) is 4.18. The molecule has 1 aliphatic rings. The highest BCUT2D eigenvalue weighted by Gasteiger charge is 2.36. The quantitative estimate of drug-likeness (QED) is 0.774. The molecule has 0 atom stereocenters. The van der Waals surface area contributed by atoms with Gasteiger partial charge in [-0.1, -0.05) is 22.4 Å². The molecule has 0 N–H and O–H groups in total. The summed E-state index contributed by atoms with van der Waals surface area (Å²) in [6.45, 7) is 0.797. The van der Waals surface area contributed by atoms with Crippen molar-refractivity contribution in [2.75, 3.05) is 5.33 Å². The Morgan fingerprint density at radius 2 is 2.36 bits per heavy atom. The van der Waals surface area contributed by atoms with E-state index in [9.17, 15) is 4.79 Å². The summed E-state index contributed by atoms with van der Waals surface area (Å²) in [6.07, 6.45) is 7.05. The molecule has 3 nitrogen and oxygen atoms in total. The molecule has 0 aliphatic heterocycles. The fourth-order valence-electron chi connectivity index (χ4n) is 1.88. The van der Waals surface area contributed by atoms with Crippen molar-refractivity contribution in [1.29, 1.82) is 0 Å². The zero-order chi connectivity index (χ0) is 10.0. The van der Waals surface area contributed by atoms with E-state index < -0.39 is 0 Å². The Bertz CT molecular complexity index is 365. The summed E-state index contributed by atoms with van der Waals surface area (Å²) in [5, 5.41) is 0.974. The number of nitrogens with zero attached hydrogens (tertiary/aromatic N) is 2. The Labute approximate surface area is 91.3 Å². The number of halogens is 1. The number of rotatable bonds is 3. The molecule has 0 saturated heterocycles. The first-order valence-electron chi connectivity index (χ1n) is 4.83. The van der Waals surface area contributed by atoms with E-state index in [-0.39, 0.29) is 5.69 Å². The van der Waals surface area contributed by atoms with Gasteiger partial charge in [0.1, 0.15) is 0 Å². The molecule has 14 heavy (non-hydrogen) atoms. The summed E-state index contributed by atoms with van der Waals surface area (Å²) in [5.74, 6) is 0. The molecule has 0 radical (unpaired) electrons.